The maximum Gasteiger partial charge on any atom is 0.303 e. The summed E-state index contributed by atoms with van der Waals surface area (Å²) in [6.45, 7) is 12.4. The van der Waals surface area contributed by atoms with Crippen molar-refractivity contribution in [3.8, 4) is 34.8 Å². The van der Waals surface area contributed by atoms with Gasteiger partial charge in [-0.15, -0.1) is 0 Å². The number of esters is 8. The van der Waals surface area contributed by atoms with Crippen LogP contribution in [0, 0.1) is 23.7 Å². The Morgan fingerprint density at radius 1 is 0.462 bits per heavy atom. The molecule has 65 heavy (non-hydrogen) atoms. The van der Waals surface area contributed by atoms with Crippen molar-refractivity contribution < 1.29 is 85.7 Å². The zero-order chi connectivity index (χ0) is 47.9. The van der Waals surface area contributed by atoms with Gasteiger partial charge in [-0.1, -0.05) is 49.7 Å². The summed E-state index contributed by atoms with van der Waals surface area (Å²) < 4.78 is 55.7. The number of carbonyl (C=O) groups is 8. The van der Waals surface area contributed by atoms with Gasteiger partial charge in [-0.3, -0.25) is 38.4 Å². The minimum absolute atomic E-state index is 0.393. The molecule has 0 amide bonds. The van der Waals surface area contributed by atoms with Gasteiger partial charge in [0.15, 0.2) is 48.8 Å². The average Bonchev–Trinajstić information content (AvgIpc) is 3.42. The van der Waals surface area contributed by atoms with Crippen molar-refractivity contribution in [2.24, 2.45) is 0 Å². The lowest BCUT2D eigenvalue weighted by atomic mass is 9.81. The summed E-state index contributed by atoms with van der Waals surface area (Å²) in [7, 11) is 0. The molecule has 2 saturated heterocycles. The Morgan fingerprint density at radius 2 is 0.769 bits per heavy atom. The second-order valence-electron chi connectivity index (χ2n) is 15.9. The fraction of sp³-hybridized carbons (Fsp3) is 0.489. The van der Waals surface area contributed by atoms with E-state index in [1.54, 1.807) is 12.1 Å². The normalized spacial score (nSPS) is 25.8. The van der Waals surface area contributed by atoms with Gasteiger partial charge >= 0.3 is 47.8 Å². The summed E-state index contributed by atoms with van der Waals surface area (Å²) in [5.41, 5.74) is 4.13. The highest BCUT2D eigenvalue weighted by Crippen LogP contribution is 2.49. The Morgan fingerprint density at radius 3 is 1.08 bits per heavy atom. The lowest BCUT2D eigenvalue weighted by molar-refractivity contribution is -0.243. The summed E-state index contributed by atoms with van der Waals surface area (Å²) in [5, 5.41) is 0. The molecule has 10 atom stereocenters. The molecule has 346 valence electrons. The van der Waals surface area contributed by atoms with Gasteiger partial charge in [0.1, 0.15) is 25.4 Å². The smallest absolute Gasteiger partial charge is 0.303 e. The second-order valence-corrected chi connectivity index (χ2v) is 15.9. The van der Waals surface area contributed by atoms with Crippen LogP contribution in [0.1, 0.15) is 91.5 Å². The first kappa shape index (κ1) is 49.3. The van der Waals surface area contributed by atoms with E-state index >= 15 is 0 Å². The van der Waals surface area contributed by atoms with Gasteiger partial charge in [-0.2, -0.15) is 0 Å². The largest absolute Gasteiger partial charge is 0.463 e. The number of hydrogen-bond donors (Lipinski definition) is 0. The summed E-state index contributed by atoms with van der Waals surface area (Å²) in [6, 6.07) is 11.2. The predicted molar refractivity (Wildman–Crippen MR) is 222 cm³/mol. The molecule has 0 N–H and O–H groups in total. The quantitative estimate of drug-likeness (QED) is 0.190. The van der Waals surface area contributed by atoms with E-state index < -0.39 is 127 Å². The van der Waals surface area contributed by atoms with E-state index in [4.69, 9.17) is 47.4 Å². The van der Waals surface area contributed by atoms with E-state index in [0.717, 1.165) is 63.8 Å². The van der Waals surface area contributed by atoms with Crippen LogP contribution in [-0.2, 0) is 91.1 Å². The molecule has 0 unspecified atom stereocenters. The van der Waals surface area contributed by atoms with Crippen LogP contribution in [0.5, 0.6) is 0 Å². The van der Waals surface area contributed by atoms with Gasteiger partial charge in [-0.05, 0) is 46.5 Å². The predicted octanol–water partition coefficient (Wildman–Crippen LogP) is 2.95. The van der Waals surface area contributed by atoms with Crippen LogP contribution in [0.4, 0.5) is 0 Å². The maximum absolute atomic E-state index is 12.3. The first-order chi connectivity index (χ1) is 30.5. The zero-order valence-corrected chi connectivity index (χ0v) is 37.5. The number of hydrogen-bond acceptors (Lipinski definition) is 18. The number of rotatable bonds is 10. The van der Waals surface area contributed by atoms with Gasteiger partial charge < -0.3 is 47.4 Å². The van der Waals surface area contributed by atoms with Crippen LogP contribution in [0.2, 0.25) is 0 Å². The van der Waals surface area contributed by atoms with Crippen LogP contribution in [0.3, 0.4) is 0 Å². The standard InChI is InChI=1S/C47H50O18/c1-23(48)56-21-39-43(60-27(5)52)45(62-29(7)54)41(58-25(3)50)37(64-39)17-13-31-11-15-33-34-16-12-32(20-36(34)47(9,10)35(33)19-31)14-18-38-42(59-26(4)51)46(63-30(8)55)44(61-28(6)53)40(65-38)22-57-24(2)49/h11-12,15-16,19-20,37-46H,21-22H2,1-10H3/t37-,38-,39-,40-,41-,42-,43-,44-,45-,46+/m1/s1. The van der Waals surface area contributed by atoms with Crippen molar-refractivity contribution >= 4 is 47.8 Å². The summed E-state index contributed by atoms with van der Waals surface area (Å²) in [5.74, 6) is 6.30. The molecule has 3 aliphatic rings. The molecule has 2 fully saturated rings. The highest BCUT2D eigenvalue weighted by atomic mass is 16.7. The van der Waals surface area contributed by atoms with Gasteiger partial charge in [-0.25, -0.2) is 0 Å². The van der Waals surface area contributed by atoms with Crippen molar-refractivity contribution in [3.63, 3.8) is 0 Å². The molecule has 2 aliphatic heterocycles. The van der Waals surface area contributed by atoms with Crippen molar-refractivity contribution in [3.05, 3.63) is 58.7 Å². The zero-order valence-electron chi connectivity index (χ0n) is 37.5. The van der Waals surface area contributed by atoms with E-state index in [-0.39, 0.29) is 0 Å². The molecule has 0 spiro atoms. The van der Waals surface area contributed by atoms with Crippen LogP contribution in [0.25, 0.3) is 11.1 Å². The van der Waals surface area contributed by atoms with Crippen molar-refractivity contribution in [2.75, 3.05) is 13.2 Å². The third-order valence-electron chi connectivity index (χ3n) is 10.4. The highest BCUT2D eigenvalue weighted by molar-refractivity contribution is 5.82. The molecule has 5 rings (SSSR count). The molecule has 0 radical (unpaired) electrons. The van der Waals surface area contributed by atoms with E-state index in [0.29, 0.717) is 11.1 Å². The number of benzene rings is 2. The monoisotopic (exact) mass is 902 g/mol. The first-order valence-electron chi connectivity index (χ1n) is 20.5. The molecule has 0 aromatic heterocycles. The third kappa shape index (κ3) is 12.3. The molecule has 0 saturated carbocycles. The molecule has 18 heteroatoms. The van der Waals surface area contributed by atoms with Gasteiger partial charge in [0.05, 0.1) is 0 Å². The fourth-order valence-corrected chi connectivity index (χ4v) is 7.89. The highest BCUT2D eigenvalue weighted by Gasteiger charge is 2.53. The Labute approximate surface area is 375 Å². The topological polar surface area (TPSA) is 229 Å². The lowest BCUT2D eigenvalue weighted by Gasteiger charge is -2.42. The minimum atomic E-state index is -1.37. The van der Waals surface area contributed by atoms with E-state index in [1.165, 1.54) is 13.8 Å². The third-order valence-corrected chi connectivity index (χ3v) is 10.4. The van der Waals surface area contributed by atoms with E-state index in [2.05, 4.69) is 23.7 Å². The Balaban J connectivity index is 1.48. The van der Waals surface area contributed by atoms with Crippen LogP contribution >= 0.6 is 0 Å². The number of carbonyl (C=O) groups excluding carboxylic acids is 8. The molecule has 2 heterocycles. The Bertz CT molecular complexity index is 2200. The molecule has 0 bridgehead atoms. The SMILES string of the molecule is CC(=O)OC[C@H]1O[C@H](C#Cc2ccc3c(c2)C(C)(C)c2cc(C#C[C@H]4O[C@H](COC(C)=O)[C@@H](OC(C)=O)[C@@H](OC(C)=O)[C@@H]4OC(C)=O)ccc2-3)[C@@H](OC(C)=O)[C@@H](OC(C)=O)[C@@H]1OC(C)=O. The Hall–Kier alpha value is -6.76. The molecule has 2 aromatic rings. The van der Waals surface area contributed by atoms with Crippen molar-refractivity contribution in [2.45, 2.75) is 136 Å². The van der Waals surface area contributed by atoms with Gasteiger partial charge in [0, 0.05) is 71.9 Å². The van der Waals surface area contributed by atoms with E-state index in [1.807, 2.05) is 38.1 Å². The minimum Gasteiger partial charge on any atom is -0.463 e. The molecule has 18 nitrogen and oxygen atoms in total. The van der Waals surface area contributed by atoms with Crippen LogP contribution < -0.4 is 0 Å². The Kier molecular flexibility index (Phi) is 15.8. The first-order valence-corrected chi connectivity index (χ1v) is 20.5. The van der Waals surface area contributed by atoms with Gasteiger partial charge in [0.2, 0.25) is 0 Å². The van der Waals surface area contributed by atoms with E-state index in [9.17, 15) is 38.4 Å². The summed E-state index contributed by atoms with van der Waals surface area (Å²) in [6.07, 6.45) is -12.9. The average molecular weight is 903 g/mol. The lowest BCUT2D eigenvalue weighted by Crippen LogP contribution is -2.62. The van der Waals surface area contributed by atoms with Crippen LogP contribution in [-0.4, -0.2) is 122 Å². The molecular formula is C47H50O18. The fourth-order valence-electron chi connectivity index (χ4n) is 7.89. The van der Waals surface area contributed by atoms with Crippen LogP contribution in [0.15, 0.2) is 36.4 Å². The van der Waals surface area contributed by atoms with Crippen molar-refractivity contribution in [1.82, 2.24) is 0 Å². The second kappa shape index (κ2) is 20.8. The number of ether oxygens (including phenoxy) is 10. The summed E-state index contributed by atoms with van der Waals surface area (Å²) >= 11 is 0. The van der Waals surface area contributed by atoms with Gasteiger partial charge in [0.25, 0.3) is 0 Å². The molecule has 1 aliphatic carbocycles. The molecular weight excluding hydrogens is 852 g/mol. The summed E-state index contributed by atoms with van der Waals surface area (Å²) in [4.78, 5) is 97.0. The van der Waals surface area contributed by atoms with Crippen molar-refractivity contribution in [1.29, 1.82) is 0 Å². The number of fused-ring (bicyclic) bond motifs is 3. The maximum atomic E-state index is 12.3. The molecule has 2 aromatic carbocycles.